The number of aromatic hydroxyl groups is 1. The fourth-order valence-electron chi connectivity index (χ4n) is 1.94. The van der Waals surface area contributed by atoms with E-state index in [4.69, 9.17) is 11.6 Å². The maximum atomic E-state index is 13.1. The van der Waals surface area contributed by atoms with Crippen molar-refractivity contribution < 1.29 is 9.50 Å². The molecule has 2 N–H and O–H groups in total. The Morgan fingerprint density at radius 3 is 2.68 bits per heavy atom. The summed E-state index contributed by atoms with van der Waals surface area (Å²) in [6.45, 7) is 2.44. The fourth-order valence-corrected chi connectivity index (χ4v) is 2.24. The second-order valence-corrected chi connectivity index (χ2v) is 4.85. The van der Waals surface area contributed by atoms with Crippen molar-refractivity contribution in [2.75, 3.05) is 0 Å². The van der Waals surface area contributed by atoms with E-state index in [-0.39, 0.29) is 11.8 Å². The number of halogens is 2. The first-order valence-corrected chi connectivity index (χ1v) is 6.40. The number of hydrogen-bond donors (Lipinski definition) is 2. The smallest absolute Gasteiger partial charge is 0.127 e. The van der Waals surface area contributed by atoms with Crippen molar-refractivity contribution in [3.8, 4) is 5.75 Å². The molecule has 0 aliphatic carbocycles. The molecule has 1 atom stereocenters. The molecule has 100 valence electrons. The SMILES string of the molecule is C[C@@H](NCc1cc(O)cc(F)c1)c1ccccc1Cl. The van der Waals surface area contributed by atoms with Crippen molar-refractivity contribution in [1.82, 2.24) is 5.32 Å². The molecule has 0 saturated carbocycles. The molecular weight excluding hydrogens is 265 g/mol. The first-order chi connectivity index (χ1) is 9.06. The van der Waals surface area contributed by atoms with Gasteiger partial charge in [-0.15, -0.1) is 0 Å². The van der Waals surface area contributed by atoms with Crippen LogP contribution in [0.3, 0.4) is 0 Å². The summed E-state index contributed by atoms with van der Waals surface area (Å²) in [7, 11) is 0. The lowest BCUT2D eigenvalue weighted by Gasteiger charge is -2.15. The Kier molecular flexibility index (Phi) is 4.40. The third-order valence-corrected chi connectivity index (χ3v) is 3.27. The lowest BCUT2D eigenvalue weighted by molar-refractivity contribution is 0.466. The highest BCUT2D eigenvalue weighted by molar-refractivity contribution is 6.31. The van der Waals surface area contributed by atoms with Crippen LogP contribution in [0.5, 0.6) is 5.75 Å². The van der Waals surface area contributed by atoms with E-state index in [1.54, 1.807) is 0 Å². The number of nitrogens with one attached hydrogen (secondary N) is 1. The number of benzene rings is 2. The van der Waals surface area contributed by atoms with Gasteiger partial charge >= 0.3 is 0 Å². The second kappa shape index (κ2) is 6.04. The maximum Gasteiger partial charge on any atom is 0.127 e. The lowest BCUT2D eigenvalue weighted by atomic mass is 10.1. The van der Waals surface area contributed by atoms with Crippen LogP contribution < -0.4 is 5.32 Å². The predicted octanol–water partition coefficient (Wildman–Crippen LogP) is 4.04. The van der Waals surface area contributed by atoms with Gasteiger partial charge < -0.3 is 10.4 Å². The first kappa shape index (κ1) is 13.8. The van der Waals surface area contributed by atoms with Gasteiger partial charge in [0.2, 0.25) is 0 Å². The van der Waals surface area contributed by atoms with E-state index in [1.165, 1.54) is 12.1 Å². The van der Waals surface area contributed by atoms with Crippen molar-refractivity contribution in [1.29, 1.82) is 0 Å². The average Bonchev–Trinajstić information content (AvgIpc) is 2.35. The number of hydrogen-bond acceptors (Lipinski definition) is 2. The first-order valence-electron chi connectivity index (χ1n) is 6.02. The standard InChI is InChI=1S/C15H15ClFNO/c1-10(14-4-2-3-5-15(14)16)18-9-11-6-12(17)8-13(19)7-11/h2-8,10,18-19H,9H2,1H3/t10-/m1/s1. The molecule has 0 saturated heterocycles. The van der Waals surface area contributed by atoms with Crippen LogP contribution in [0.2, 0.25) is 5.02 Å². The van der Waals surface area contributed by atoms with Gasteiger partial charge in [0.1, 0.15) is 11.6 Å². The van der Waals surface area contributed by atoms with Gasteiger partial charge in [-0.05, 0) is 36.2 Å². The predicted molar refractivity (Wildman–Crippen MR) is 74.8 cm³/mol. The normalized spacial score (nSPS) is 12.4. The van der Waals surface area contributed by atoms with Gasteiger partial charge in [0.15, 0.2) is 0 Å². The molecule has 0 fully saturated rings. The van der Waals surface area contributed by atoms with E-state index in [1.807, 2.05) is 31.2 Å². The number of phenolic OH excluding ortho intramolecular Hbond substituents is 1. The van der Waals surface area contributed by atoms with Crippen molar-refractivity contribution in [2.24, 2.45) is 0 Å². The largest absolute Gasteiger partial charge is 0.508 e. The Bertz CT molecular complexity index is 554. The molecule has 0 amide bonds. The molecule has 0 unspecified atom stereocenters. The lowest BCUT2D eigenvalue weighted by Crippen LogP contribution is -2.18. The maximum absolute atomic E-state index is 13.1. The zero-order valence-electron chi connectivity index (χ0n) is 10.5. The summed E-state index contributed by atoms with van der Waals surface area (Å²) < 4.78 is 13.1. The highest BCUT2D eigenvalue weighted by Gasteiger charge is 2.09. The van der Waals surface area contributed by atoms with Gasteiger partial charge in [-0.2, -0.15) is 0 Å². The molecule has 0 aromatic heterocycles. The zero-order chi connectivity index (χ0) is 13.8. The van der Waals surface area contributed by atoms with Crippen LogP contribution >= 0.6 is 11.6 Å². The minimum atomic E-state index is -0.442. The summed E-state index contributed by atoms with van der Waals surface area (Å²) in [5.41, 5.74) is 1.68. The highest BCUT2D eigenvalue weighted by atomic mass is 35.5. The topological polar surface area (TPSA) is 32.3 Å². The third kappa shape index (κ3) is 3.69. The van der Waals surface area contributed by atoms with Gasteiger partial charge in [-0.25, -0.2) is 4.39 Å². The Morgan fingerprint density at radius 1 is 1.26 bits per heavy atom. The fraction of sp³-hybridized carbons (Fsp3) is 0.200. The molecule has 0 bridgehead atoms. The van der Waals surface area contributed by atoms with Gasteiger partial charge in [0.05, 0.1) is 0 Å². The van der Waals surface area contributed by atoms with E-state index >= 15 is 0 Å². The van der Waals surface area contributed by atoms with Crippen LogP contribution in [-0.2, 0) is 6.54 Å². The molecule has 2 aromatic carbocycles. The van der Waals surface area contributed by atoms with Crippen LogP contribution in [0.15, 0.2) is 42.5 Å². The van der Waals surface area contributed by atoms with Crippen LogP contribution in [0.1, 0.15) is 24.1 Å². The molecule has 2 aromatic rings. The van der Waals surface area contributed by atoms with E-state index in [0.29, 0.717) is 17.1 Å². The minimum Gasteiger partial charge on any atom is -0.508 e. The monoisotopic (exact) mass is 279 g/mol. The van der Waals surface area contributed by atoms with Gasteiger partial charge in [-0.3, -0.25) is 0 Å². The molecule has 2 rings (SSSR count). The molecular formula is C15H15ClFNO. The summed E-state index contributed by atoms with van der Waals surface area (Å²) in [6, 6.07) is 11.6. The van der Waals surface area contributed by atoms with E-state index in [0.717, 1.165) is 11.6 Å². The van der Waals surface area contributed by atoms with E-state index in [2.05, 4.69) is 5.32 Å². The molecule has 0 spiro atoms. The Morgan fingerprint density at radius 2 is 2.00 bits per heavy atom. The highest BCUT2D eigenvalue weighted by Crippen LogP contribution is 2.23. The number of rotatable bonds is 4. The van der Waals surface area contributed by atoms with Crippen LogP contribution in [0.4, 0.5) is 4.39 Å². The molecule has 0 aliphatic rings. The summed E-state index contributed by atoms with van der Waals surface area (Å²) >= 11 is 6.11. The van der Waals surface area contributed by atoms with Crippen LogP contribution in [-0.4, -0.2) is 5.11 Å². The number of phenols is 1. The Labute approximate surface area is 116 Å². The van der Waals surface area contributed by atoms with E-state index < -0.39 is 5.82 Å². The molecule has 0 radical (unpaired) electrons. The average molecular weight is 280 g/mol. The Balaban J connectivity index is 2.04. The quantitative estimate of drug-likeness (QED) is 0.885. The third-order valence-electron chi connectivity index (χ3n) is 2.93. The minimum absolute atomic E-state index is 0.0408. The summed E-state index contributed by atoms with van der Waals surface area (Å²) in [6.07, 6.45) is 0. The Hall–Kier alpha value is -1.58. The van der Waals surface area contributed by atoms with Gasteiger partial charge in [0, 0.05) is 23.7 Å². The molecule has 4 heteroatoms. The van der Waals surface area contributed by atoms with E-state index in [9.17, 15) is 9.50 Å². The summed E-state index contributed by atoms with van der Waals surface area (Å²) in [5, 5.41) is 13.3. The van der Waals surface area contributed by atoms with Crippen molar-refractivity contribution in [3.63, 3.8) is 0 Å². The molecule has 0 aliphatic heterocycles. The van der Waals surface area contributed by atoms with Gasteiger partial charge in [-0.1, -0.05) is 29.8 Å². The van der Waals surface area contributed by atoms with Crippen LogP contribution in [0.25, 0.3) is 0 Å². The zero-order valence-corrected chi connectivity index (χ0v) is 11.3. The van der Waals surface area contributed by atoms with Crippen molar-refractivity contribution >= 4 is 11.6 Å². The second-order valence-electron chi connectivity index (χ2n) is 4.44. The summed E-state index contributed by atoms with van der Waals surface area (Å²) in [4.78, 5) is 0. The van der Waals surface area contributed by atoms with Gasteiger partial charge in [0.25, 0.3) is 0 Å². The molecule has 19 heavy (non-hydrogen) atoms. The van der Waals surface area contributed by atoms with Crippen LogP contribution in [0, 0.1) is 5.82 Å². The molecule has 2 nitrogen and oxygen atoms in total. The van der Waals surface area contributed by atoms with Crippen molar-refractivity contribution in [2.45, 2.75) is 19.5 Å². The summed E-state index contributed by atoms with van der Waals surface area (Å²) in [5.74, 6) is -0.510. The van der Waals surface area contributed by atoms with Crippen molar-refractivity contribution in [3.05, 3.63) is 64.4 Å². The molecule has 0 heterocycles.